The van der Waals surface area contributed by atoms with Gasteiger partial charge in [0.2, 0.25) is 0 Å². The lowest BCUT2D eigenvalue weighted by Gasteiger charge is -2.25. The normalized spacial score (nSPS) is 13.2. The van der Waals surface area contributed by atoms with Gasteiger partial charge in [0.1, 0.15) is 5.56 Å². The zero-order valence-corrected chi connectivity index (χ0v) is 11.2. The van der Waals surface area contributed by atoms with Crippen LogP contribution in [-0.2, 0) is 0 Å². The Bertz CT molecular complexity index is 486. The number of H-pyrrole nitrogens is 1. The van der Waals surface area contributed by atoms with Crippen molar-refractivity contribution in [3.8, 4) is 0 Å². The number of aromatic amines is 1. The smallest absolute Gasteiger partial charge is 0.260 e. The molecule has 1 amide bonds. The lowest BCUT2D eigenvalue weighted by Crippen LogP contribution is -2.40. The highest BCUT2D eigenvalue weighted by Crippen LogP contribution is 2.18. The molecule has 0 spiro atoms. The maximum atomic E-state index is 11.8. The van der Waals surface area contributed by atoms with E-state index in [9.17, 15) is 14.7 Å². The summed E-state index contributed by atoms with van der Waals surface area (Å²) >= 11 is 0. The van der Waals surface area contributed by atoms with Gasteiger partial charge in [0.15, 0.2) is 0 Å². The van der Waals surface area contributed by atoms with Crippen molar-refractivity contribution in [1.82, 2.24) is 10.3 Å². The summed E-state index contributed by atoms with van der Waals surface area (Å²) in [6.45, 7) is 7.50. The molecule has 1 aromatic heterocycles. The van der Waals surface area contributed by atoms with Crippen molar-refractivity contribution in [2.45, 2.75) is 33.8 Å². The molecule has 1 unspecified atom stereocenters. The molecule has 5 heteroatoms. The molecule has 5 nitrogen and oxygen atoms in total. The number of aromatic nitrogens is 1. The standard InChI is InChI=1S/C13H20N2O3/c1-8-5-6-9(12(18)15-8)11(17)14-7-10(16)13(2,3)4/h5-6,10,16H,7H2,1-4H3,(H,14,17)(H,15,18). The summed E-state index contributed by atoms with van der Waals surface area (Å²) in [4.78, 5) is 25.9. The molecule has 0 fully saturated rings. The van der Waals surface area contributed by atoms with E-state index < -0.39 is 17.6 Å². The van der Waals surface area contributed by atoms with Gasteiger partial charge in [-0.1, -0.05) is 20.8 Å². The fourth-order valence-electron chi connectivity index (χ4n) is 1.34. The van der Waals surface area contributed by atoms with Gasteiger partial charge in [-0.3, -0.25) is 9.59 Å². The molecule has 0 aliphatic rings. The van der Waals surface area contributed by atoms with E-state index in [1.165, 1.54) is 6.07 Å². The molecule has 18 heavy (non-hydrogen) atoms. The van der Waals surface area contributed by atoms with Crippen LogP contribution in [0.15, 0.2) is 16.9 Å². The van der Waals surface area contributed by atoms with E-state index >= 15 is 0 Å². The first-order valence-electron chi connectivity index (χ1n) is 5.88. The zero-order chi connectivity index (χ0) is 13.9. The van der Waals surface area contributed by atoms with Gasteiger partial charge in [-0.2, -0.15) is 0 Å². The number of carbonyl (C=O) groups excluding carboxylic acids is 1. The van der Waals surface area contributed by atoms with E-state index in [1.54, 1.807) is 13.0 Å². The highest BCUT2D eigenvalue weighted by atomic mass is 16.3. The molecule has 1 heterocycles. The Kier molecular flexibility index (Phi) is 4.29. The molecule has 0 aliphatic heterocycles. The second-order valence-electron chi connectivity index (χ2n) is 5.48. The molecule has 3 N–H and O–H groups in total. The molecule has 0 radical (unpaired) electrons. The minimum absolute atomic E-state index is 0.0571. The molecule has 0 saturated heterocycles. The first-order chi connectivity index (χ1) is 8.21. The highest BCUT2D eigenvalue weighted by molar-refractivity contribution is 5.93. The van der Waals surface area contributed by atoms with Gasteiger partial charge in [0.05, 0.1) is 6.10 Å². The predicted octanol–water partition coefficient (Wildman–Crippen LogP) is 0.820. The van der Waals surface area contributed by atoms with Crippen molar-refractivity contribution in [2.24, 2.45) is 5.41 Å². The van der Waals surface area contributed by atoms with E-state index in [1.807, 2.05) is 20.8 Å². The zero-order valence-electron chi connectivity index (χ0n) is 11.2. The highest BCUT2D eigenvalue weighted by Gasteiger charge is 2.23. The molecule has 0 aromatic carbocycles. The van der Waals surface area contributed by atoms with Crippen LogP contribution < -0.4 is 10.9 Å². The fourth-order valence-corrected chi connectivity index (χ4v) is 1.34. The van der Waals surface area contributed by atoms with Crippen LogP contribution in [0, 0.1) is 12.3 Å². The first-order valence-corrected chi connectivity index (χ1v) is 5.88. The number of pyridine rings is 1. The molecule has 1 aromatic rings. The average Bonchev–Trinajstić information content (AvgIpc) is 2.24. The van der Waals surface area contributed by atoms with Gasteiger partial charge in [-0.15, -0.1) is 0 Å². The van der Waals surface area contributed by atoms with Crippen molar-refractivity contribution < 1.29 is 9.90 Å². The predicted molar refractivity (Wildman–Crippen MR) is 69.6 cm³/mol. The van der Waals surface area contributed by atoms with Crippen LogP contribution in [-0.4, -0.2) is 28.6 Å². The Morgan fingerprint density at radius 1 is 1.44 bits per heavy atom. The largest absolute Gasteiger partial charge is 0.391 e. The van der Waals surface area contributed by atoms with E-state index in [0.717, 1.165) is 0 Å². The summed E-state index contributed by atoms with van der Waals surface area (Å²) < 4.78 is 0. The summed E-state index contributed by atoms with van der Waals surface area (Å²) in [5.74, 6) is -0.473. The third kappa shape index (κ3) is 3.70. The van der Waals surface area contributed by atoms with E-state index in [-0.39, 0.29) is 17.5 Å². The fraction of sp³-hybridized carbons (Fsp3) is 0.538. The minimum Gasteiger partial charge on any atom is -0.391 e. The van der Waals surface area contributed by atoms with Crippen molar-refractivity contribution >= 4 is 5.91 Å². The van der Waals surface area contributed by atoms with Crippen LogP contribution in [0.25, 0.3) is 0 Å². The minimum atomic E-state index is -0.661. The molecule has 0 saturated carbocycles. The maximum absolute atomic E-state index is 11.8. The van der Waals surface area contributed by atoms with Gasteiger partial charge < -0.3 is 15.4 Å². The number of amides is 1. The molecular formula is C13H20N2O3. The number of aliphatic hydroxyl groups is 1. The van der Waals surface area contributed by atoms with E-state index in [4.69, 9.17) is 0 Å². The molecule has 100 valence electrons. The maximum Gasteiger partial charge on any atom is 0.260 e. The van der Waals surface area contributed by atoms with Gasteiger partial charge >= 0.3 is 0 Å². The van der Waals surface area contributed by atoms with Gasteiger partial charge in [-0.05, 0) is 24.5 Å². The lowest BCUT2D eigenvalue weighted by atomic mass is 9.89. The second-order valence-corrected chi connectivity index (χ2v) is 5.48. The number of aryl methyl sites for hydroxylation is 1. The Labute approximate surface area is 106 Å². The van der Waals surface area contributed by atoms with E-state index in [2.05, 4.69) is 10.3 Å². The molecule has 1 atom stereocenters. The molecule has 0 bridgehead atoms. The molecule has 0 aliphatic carbocycles. The number of hydrogen-bond donors (Lipinski definition) is 3. The topological polar surface area (TPSA) is 82.2 Å². The van der Waals surface area contributed by atoms with Gasteiger partial charge in [0.25, 0.3) is 11.5 Å². The number of nitrogens with one attached hydrogen (secondary N) is 2. The van der Waals surface area contributed by atoms with Crippen LogP contribution in [0.3, 0.4) is 0 Å². The van der Waals surface area contributed by atoms with Crippen molar-refractivity contribution in [2.75, 3.05) is 6.54 Å². The van der Waals surface area contributed by atoms with E-state index in [0.29, 0.717) is 5.69 Å². The number of aliphatic hydroxyl groups excluding tert-OH is 1. The molecule has 1 rings (SSSR count). The summed E-state index contributed by atoms with van der Waals surface area (Å²) in [6.07, 6.45) is -0.661. The Morgan fingerprint density at radius 3 is 2.56 bits per heavy atom. The SMILES string of the molecule is Cc1ccc(C(=O)NCC(O)C(C)(C)C)c(=O)[nH]1. The van der Waals surface area contributed by atoms with Crippen molar-refractivity contribution in [1.29, 1.82) is 0 Å². The van der Waals surface area contributed by atoms with Crippen LogP contribution in [0.5, 0.6) is 0 Å². The van der Waals surface area contributed by atoms with Crippen LogP contribution >= 0.6 is 0 Å². The van der Waals surface area contributed by atoms with Crippen LogP contribution in [0.2, 0.25) is 0 Å². The van der Waals surface area contributed by atoms with Crippen LogP contribution in [0.1, 0.15) is 36.8 Å². The Balaban J connectivity index is 2.70. The van der Waals surface area contributed by atoms with Crippen LogP contribution in [0.4, 0.5) is 0 Å². The lowest BCUT2D eigenvalue weighted by molar-refractivity contribution is 0.0586. The van der Waals surface area contributed by atoms with Gasteiger partial charge in [-0.25, -0.2) is 0 Å². The van der Waals surface area contributed by atoms with Crippen molar-refractivity contribution in [3.63, 3.8) is 0 Å². The first kappa shape index (κ1) is 14.4. The number of rotatable bonds is 3. The third-order valence-corrected chi connectivity index (χ3v) is 2.76. The summed E-state index contributed by atoms with van der Waals surface area (Å²) in [5.41, 5.74) is 0.0261. The Hall–Kier alpha value is -1.62. The van der Waals surface area contributed by atoms with Gasteiger partial charge in [0, 0.05) is 12.2 Å². The average molecular weight is 252 g/mol. The van der Waals surface area contributed by atoms with Crippen molar-refractivity contribution in [3.05, 3.63) is 33.7 Å². The third-order valence-electron chi connectivity index (χ3n) is 2.76. The number of carbonyl (C=O) groups is 1. The Morgan fingerprint density at radius 2 is 2.06 bits per heavy atom. The molecular weight excluding hydrogens is 232 g/mol. The summed E-state index contributed by atoms with van der Waals surface area (Å²) in [7, 11) is 0. The quantitative estimate of drug-likeness (QED) is 0.745. The summed E-state index contributed by atoms with van der Waals surface area (Å²) in [5, 5.41) is 12.4. The summed E-state index contributed by atoms with van der Waals surface area (Å²) in [6, 6.07) is 3.14. The second kappa shape index (κ2) is 5.35. The monoisotopic (exact) mass is 252 g/mol. The number of hydrogen-bond acceptors (Lipinski definition) is 3.